The lowest BCUT2D eigenvalue weighted by Gasteiger charge is -2.20. The van der Waals surface area contributed by atoms with Crippen LogP contribution in [-0.2, 0) is 12.8 Å². The van der Waals surface area contributed by atoms with E-state index in [1.807, 2.05) is 0 Å². The Bertz CT molecular complexity index is 466. The predicted molar refractivity (Wildman–Crippen MR) is 74.2 cm³/mol. The summed E-state index contributed by atoms with van der Waals surface area (Å²) in [7, 11) is 0. The van der Waals surface area contributed by atoms with Crippen molar-refractivity contribution in [2.45, 2.75) is 51.4 Å². The fraction of sp³-hybridized carbons (Fsp3) is 0.688. The molecule has 3 unspecified atom stereocenters. The van der Waals surface area contributed by atoms with E-state index in [-0.39, 0.29) is 0 Å². The number of fused-ring (bicyclic) bond motifs is 3. The second-order valence-corrected chi connectivity index (χ2v) is 7.61. The van der Waals surface area contributed by atoms with Crippen molar-refractivity contribution in [1.82, 2.24) is 0 Å². The molecule has 0 N–H and O–H groups in total. The number of carbonyl (C=O) groups excluding carboxylic acids is 1. The molecule has 0 amide bonds. The molecule has 3 aliphatic rings. The summed E-state index contributed by atoms with van der Waals surface area (Å²) in [6.07, 6.45) is 10.1. The molecule has 1 nitrogen and oxygen atoms in total. The van der Waals surface area contributed by atoms with E-state index in [1.165, 1.54) is 55.4 Å². The van der Waals surface area contributed by atoms with Crippen LogP contribution in [0.5, 0.6) is 0 Å². The Hall–Kier alpha value is -0.630. The monoisotopic (exact) mass is 260 g/mol. The first-order chi connectivity index (χ1) is 8.79. The smallest absolute Gasteiger partial charge is 0.173 e. The van der Waals surface area contributed by atoms with Crippen LogP contribution in [0.2, 0.25) is 0 Å². The van der Waals surface area contributed by atoms with Crippen LogP contribution in [0.25, 0.3) is 0 Å². The van der Waals surface area contributed by atoms with Crippen LogP contribution in [0.15, 0.2) is 6.07 Å². The fourth-order valence-corrected chi connectivity index (χ4v) is 5.63. The molecule has 2 fully saturated rings. The third kappa shape index (κ3) is 1.77. The van der Waals surface area contributed by atoms with Gasteiger partial charge in [-0.25, -0.2) is 0 Å². The third-order valence-corrected chi connectivity index (χ3v) is 6.63. The van der Waals surface area contributed by atoms with Gasteiger partial charge in [-0.05, 0) is 67.9 Å². The molecule has 1 aromatic rings. The standard InChI is InChI=1S/C16H20OS/c17-14(8-13-7-10-4-5-11(13)6-10)16-9-12-2-1-3-15(12)18-16/h9-11,13H,1-8H2. The lowest BCUT2D eigenvalue weighted by atomic mass is 9.85. The van der Waals surface area contributed by atoms with Gasteiger partial charge in [-0.2, -0.15) is 0 Å². The summed E-state index contributed by atoms with van der Waals surface area (Å²) in [4.78, 5) is 14.9. The van der Waals surface area contributed by atoms with Crippen LogP contribution < -0.4 is 0 Å². The molecule has 2 saturated carbocycles. The Labute approximate surface area is 113 Å². The second-order valence-electron chi connectivity index (χ2n) is 6.47. The molecule has 2 bridgehead atoms. The summed E-state index contributed by atoms with van der Waals surface area (Å²) < 4.78 is 0. The van der Waals surface area contributed by atoms with Crippen molar-refractivity contribution in [2.75, 3.05) is 0 Å². The zero-order valence-corrected chi connectivity index (χ0v) is 11.6. The average Bonchev–Trinajstić information content (AvgIpc) is 3.08. The molecular weight excluding hydrogens is 240 g/mol. The zero-order valence-electron chi connectivity index (χ0n) is 10.8. The minimum absolute atomic E-state index is 0.437. The number of thiophene rings is 1. The first kappa shape index (κ1) is 11.2. The van der Waals surface area contributed by atoms with Crippen molar-refractivity contribution < 1.29 is 4.79 Å². The first-order valence-electron chi connectivity index (χ1n) is 7.44. The highest BCUT2D eigenvalue weighted by Gasteiger charge is 2.40. The Morgan fingerprint density at radius 2 is 2.22 bits per heavy atom. The Balaban J connectivity index is 1.46. The van der Waals surface area contributed by atoms with Gasteiger partial charge in [0.25, 0.3) is 0 Å². The molecule has 18 heavy (non-hydrogen) atoms. The first-order valence-corrected chi connectivity index (χ1v) is 8.26. The van der Waals surface area contributed by atoms with Crippen LogP contribution in [0.4, 0.5) is 0 Å². The number of rotatable bonds is 3. The number of carbonyl (C=O) groups is 1. The maximum atomic E-state index is 12.4. The molecule has 3 atom stereocenters. The molecule has 0 radical (unpaired) electrons. The van der Waals surface area contributed by atoms with Gasteiger partial charge < -0.3 is 0 Å². The van der Waals surface area contributed by atoms with Gasteiger partial charge in [0, 0.05) is 11.3 Å². The third-order valence-electron chi connectivity index (χ3n) is 5.35. The zero-order chi connectivity index (χ0) is 12.1. The summed E-state index contributed by atoms with van der Waals surface area (Å²) in [5.41, 5.74) is 1.47. The van der Waals surface area contributed by atoms with Crippen LogP contribution in [0.3, 0.4) is 0 Å². The Morgan fingerprint density at radius 1 is 1.28 bits per heavy atom. The highest BCUT2D eigenvalue weighted by atomic mass is 32.1. The van der Waals surface area contributed by atoms with E-state index in [1.54, 1.807) is 11.3 Å². The topological polar surface area (TPSA) is 17.1 Å². The van der Waals surface area contributed by atoms with Gasteiger partial charge in [-0.1, -0.05) is 6.42 Å². The van der Waals surface area contributed by atoms with Gasteiger partial charge in [0.15, 0.2) is 5.78 Å². The molecule has 3 aliphatic carbocycles. The molecule has 1 heterocycles. The van der Waals surface area contributed by atoms with Gasteiger partial charge >= 0.3 is 0 Å². The predicted octanol–water partition coefficient (Wildman–Crippen LogP) is 4.25. The molecule has 0 aliphatic heterocycles. The minimum atomic E-state index is 0.437. The van der Waals surface area contributed by atoms with Gasteiger partial charge in [-0.15, -0.1) is 11.3 Å². The summed E-state index contributed by atoms with van der Waals surface area (Å²) in [6, 6.07) is 2.20. The second kappa shape index (κ2) is 4.19. The summed E-state index contributed by atoms with van der Waals surface area (Å²) in [5, 5.41) is 0. The van der Waals surface area contributed by atoms with Crippen LogP contribution in [-0.4, -0.2) is 5.78 Å². The van der Waals surface area contributed by atoms with Gasteiger partial charge in [0.05, 0.1) is 4.88 Å². The van der Waals surface area contributed by atoms with E-state index in [2.05, 4.69) is 6.07 Å². The Morgan fingerprint density at radius 3 is 2.94 bits per heavy atom. The summed E-state index contributed by atoms with van der Waals surface area (Å²) in [5.74, 6) is 2.99. The lowest BCUT2D eigenvalue weighted by Crippen LogP contribution is -2.14. The number of aryl methyl sites for hydroxylation is 2. The highest BCUT2D eigenvalue weighted by Crippen LogP contribution is 2.50. The van der Waals surface area contributed by atoms with E-state index in [9.17, 15) is 4.79 Å². The molecule has 0 aromatic carbocycles. The molecule has 4 rings (SSSR count). The summed E-state index contributed by atoms with van der Waals surface area (Å²) >= 11 is 1.78. The quantitative estimate of drug-likeness (QED) is 0.743. The number of hydrogen-bond donors (Lipinski definition) is 0. The van der Waals surface area contributed by atoms with Gasteiger partial charge in [0.2, 0.25) is 0 Å². The maximum absolute atomic E-state index is 12.4. The minimum Gasteiger partial charge on any atom is -0.293 e. The number of Topliss-reactive ketones (excluding diaryl/α,β-unsaturated/α-hetero) is 1. The van der Waals surface area contributed by atoms with Crippen molar-refractivity contribution in [3.8, 4) is 0 Å². The molecular formula is C16H20OS. The lowest BCUT2D eigenvalue weighted by molar-refractivity contribution is 0.0948. The van der Waals surface area contributed by atoms with Crippen molar-refractivity contribution in [3.63, 3.8) is 0 Å². The molecule has 0 spiro atoms. The van der Waals surface area contributed by atoms with E-state index >= 15 is 0 Å². The normalized spacial score (nSPS) is 33.0. The van der Waals surface area contributed by atoms with Crippen molar-refractivity contribution in [1.29, 1.82) is 0 Å². The van der Waals surface area contributed by atoms with Crippen LogP contribution in [0, 0.1) is 17.8 Å². The van der Waals surface area contributed by atoms with Gasteiger partial charge in [0.1, 0.15) is 0 Å². The van der Waals surface area contributed by atoms with Crippen LogP contribution >= 0.6 is 11.3 Å². The summed E-state index contributed by atoms with van der Waals surface area (Å²) in [6.45, 7) is 0. The fourth-order valence-electron chi connectivity index (χ4n) is 4.43. The van der Waals surface area contributed by atoms with E-state index in [0.29, 0.717) is 11.7 Å². The van der Waals surface area contributed by atoms with Crippen molar-refractivity contribution in [3.05, 3.63) is 21.4 Å². The molecule has 1 aromatic heterocycles. The van der Waals surface area contributed by atoms with Gasteiger partial charge in [-0.3, -0.25) is 4.79 Å². The number of hydrogen-bond acceptors (Lipinski definition) is 2. The van der Waals surface area contributed by atoms with Crippen molar-refractivity contribution in [2.24, 2.45) is 17.8 Å². The van der Waals surface area contributed by atoms with Crippen molar-refractivity contribution >= 4 is 17.1 Å². The Kier molecular flexibility index (Phi) is 2.61. The number of ketones is 1. The van der Waals surface area contributed by atoms with E-state index in [0.717, 1.165) is 23.1 Å². The van der Waals surface area contributed by atoms with Crippen LogP contribution in [0.1, 0.15) is 58.6 Å². The highest BCUT2D eigenvalue weighted by molar-refractivity contribution is 7.14. The molecule has 96 valence electrons. The van der Waals surface area contributed by atoms with E-state index < -0.39 is 0 Å². The van der Waals surface area contributed by atoms with E-state index in [4.69, 9.17) is 0 Å². The molecule has 0 saturated heterocycles. The largest absolute Gasteiger partial charge is 0.293 e. The SMILES string of the molecule is O=C(CC1CC2CCC1C2)c1cc2c(s1)CCC2. The average molecular weight is 260 g/mol. The molecule has 2 heteroatoms. The maximum Gasteiger partial charge on any atom is 0.173 e.